The molecule has 0 radical (unpaired) electrons. The highest BCUT2D eigenvalue weighted by molar-refractivity contribution is 5.74. The molecule has 0 aliphatic carbocycles. The van der Waals surface area contributed by atoms with Crippen LogP contribution in [0.2, 0.25) is 0 Å². The maximum atomic E-state index is 12.3. The molecular formula is C18H27N3O2. The fraction of sp³-hybridized carbons (Fsp3) is 0.611. The molecule has 2 unspecified atom stereocenters. The minimum Gasteiger partial charge on any atom is -0.376 e. The summed E-state index contributed by atoms with van der Waals surface area (Å²) in [6.45, 7) is 4.54. The first-order chi connectivity index (χ1) is 11.3. The lowest BCUT2D eigenvalue weighted by Gasteiger charge is -2.25. The predicted octanol–water partition coefficient (Wildman–Crippen LogP) is 2.30. The molecule has 2 saturated heterocycles. The zero-order valence-electron chi connectivity index (χ0n) is 13.7. The summed E-state index contributed by atoms with van der Waals surface area (Å²) in [5.41, 5.74) is 1.16. The monoisotopic (exact) mass is 317 g/mol. The van der Waals surface area contributed by atoms with E-state index >= 15 is 0 Å². The summed E-state index contributed by atoms with van der Waals surface area (Å²) in [7, 11) is 0. The molecule has 0 spiro atoms. The maximum Gasteiger partial charge on any atom is 0.315 e. The van der Waals surface area contributed by atoms with Gasteiger partial charge < -0.3 is 20.3 Å². The van der Waals surface area contributed by atoms with Gasteiger partial charge in [0.25, 0.3) is 0 Å². The van der Waals surface area contributed by atoms with E-state index in [9.17, 15) is 4.79 Å². The van der Waals surface area contributed by atoms with Gasteiger partial charge in [0.2, 0.25) is 0 Å². The Morgan fingerprint density at radius 3 is 2.70 bits per heavy atom. The molecule has 2 N–H and O–H groups in total. The van der Waals surface area contributed by atoms with Crippen LogP contribution in [0.1, 0.15) is 37.3 Å². The Kier molecular flexibility index (Phi) is 5.88. The van der Waals surface area contributed by atoms with E-state index in [1.54, 1.807) is 0 Å². The van der Waals surface area contributed by atoms with Crippen LogP contribution in [0.4, 0.5) is 4.79 Å². The van der Waals surface area contributed by atoms with Crippen molar-refractivity contribution in [3.05, 3.63) is 35.9 Å². The lowest BCUT2D eigenvalue weighted by atomic mass is 10.1. The van der Waals surface area contributed by atoms with E-state index < -0.39 is 0 Å². The number of rotatable bonds is 6. The SMILES string of the molecule is O=C(NCC1CCCO1)NC(CN1CCCC1)c1ccccc1. The molecule has 1 aromatic carbocycles. The maximum absolute atomic E-state index is 12.3. The summed E-state index contributed by atoms with van der Waals surface area (Å²) in [6, 6.07) is 10.2. The highest BCUT2D eigenvalue weighted by atomic mass is 16.5. The molecule has 2 aliphatic rings. The third-order valence-electron chi connectivity index (χ3n) is 4.66. The molecule has 2 heterocycles. The predicted molar refractivity (Wildman–Crippen MR) is 90.4 cm³/mol. The van der Waals surface area contributed by atoms with Crippen LogP contribution in [0.3, 0.4) is 0 Å². The number of nitrogens with one attached hydrogen (secondary N) is 2. The van der Waals surface area contributed by atoms with E-state index in [0.29, 0.717) is 6.54 Å². The fourth-order valence-electron chi connectivity index (χ4n) is 3.36. The van der Waals surface area contributed by atoms with Crippen molar-refractivity contribution < 1.29 is 9.53 Å². The molecule has 0 bridgehead atoms. The second-order valence-corrected chi connectivity index (χ2v) is 6.46. The van der Waals surface area contributed by atoms with Gasteiger partial charge in [0.1, 0.15) is 0 Å². The molecule has 2 atom stereocenters. The van der Waals surface area contributed by atoms with Crippen molar-refractivity contribution >= 4 is 6.03 Å². The fourth-order valence-corrected chi connectivity index (χ4v) is 3.36. The van der Waals surface area contributed by atoms with Crippen LogP contribution in [0.25, 0.3) is 0 Å². The molecule has 23 heavy (non-hydrogen) atoms. The number of hydrogen-bond acceptors (Lipinski definition) is 3. The van der Waals surface area contributed by atoms with Gasteiger partial charge in [-0.05, 0) is 44.3 Å². The first-order valence-corrected chi connectivity index (χ1v) is 8.74. The quantitative estimate of drug-likeness (QED) is 0.846. The lowest BCUT2D eigenvalue weighted by Crippen LogP contribution is -2.44. The molecule has 5 nitrogen and oxygen atoms in total. The lowest BCUT2D eigenvalue weighted by molar-refractivity contribution is 0.111. The van der Waals surface area contributed by atoms with Crippen molar-refractivity contribution in [1.82, 2.24) is 15.5 Å². The number of carbonyl (C=O) groups excluding carboxylic acids is 1. The molecule has 2 aliphatic heterocycles. The molecule has 0 aromatic heterocycles. The third-order valence-corrected chi connectivity index (χ3v) is 4.66. The van der Waals surface area contributed by atoms with E-state index in [1.807, 2.05) is 18.2 Å². The summed E-state index contributed by atoms with van der Waals surface area (Å²) >= 11 is 0. The molecule has 1 aromatic rings. The molecule has 5 heteroatoms. The average molecular weight is 317 g/mol. The van der Waals surface area contributed by atoms with Crippen molar-refractivity contribution in [3.8, 4) is 0 Å². The Hall–Kier alpha value is -1.59. The van der Waals surface area contributed by atoms with E-state index in [4.69, 9.17) is 4.74 Å². The number of benzene rings is 1. The highest BCUT2D eigenvalue weighted by Gasteiger charge is 2.21. The number of ether oxygens (including phenoxy) is 1. The Bertz CT molecular complexity index is 482. The van der Waals surface area contributed by atoms with Crippen molar-refractivity contribution in [1.29, 1.82) is 0 Å². The molecule has 126 valence electrons. The minimum atomic E-state index is -0.103. The molecule has 2 fully saturated rings. The number of hydrogen-bond donors (Lipinski definition) is 2. The van der Waals surface area contributed by atoms with E-state index in [-0.39, 0.29) is 18.2 Å². The Balaban J connectivity index is 1.54. The van der Waals surface area contributed by atoms with Gasteiger partial charge in [-0.3, -0.25) is 0 Å². The van der Waals surface area contributed by atoms with Gasteiger partial charge in [-0.1, -0.05) is 30.3 Å². The van der Waals surface area contributed by atoms with Gasteiger partial charge >= 0.3 is 6.03 Å². The van der Waals surface area contributed by atoms with Crippen LogP contribution in [0.15, 0.2) is 30.3 Å². The summed E-state index contributed by atoms with van der Waals surface area (Å²) in [4.78, 5) is 14.7. The topological polar surface area (TPSA) is 53.6 Å². The van der Waals surface area contributed by atoms with Crippen molar-refractivity contribution in [2.75, 3.05) is 32.8 Å². The van der Waals surface area contributed by atoms with Crippen LogP contribution in [0, 0.1) is 0 Å². The molecule has 0 saturated carbocycles. The first-order valence-electron chi connectivity index (χ1n) is 8.74. The third kappa shape index (κ3) is 4.94. The van der Waals surface area contributed by atoms with Gasteiger partial charge in [0, 0.05) is 19.7 Å². The van der Waals surface area contributed by atoms with E-state index in [1.165, 1.54) is 12.8 Å². The molecule has 2 amide bonds. The second kappa shape index (κ2) is 8.31. The Morgan fingerprint density at radius 2 is 2.00 bits per heavy atom. The summed E-state index contributed by atoms with van der Waals surface area (Å²) in [6.07, 6.45) is 4.82. The van der Waals surface area contributed by atoms with Crippen molar-refractivity contribution in [3.63, 3.8) is 0 Å². The number of amides is 2. The first kappa shape index (κ1) is 16.3. The van der Waals surface area contributed by atoms with Crippen LogP contribution in [-0.4, -0.2) is 49.8 Å². The van der Waals surface area contributed by atoms with Gasteiger partial charge in [-0.2, -0.15) is 0 Å². The van der Waals surface area contributed by atoms with Gasteiger partial charge in [-0.15, -0.1) is 0 Å². The van der Waals surface area contributed by atoms with Crippen LogP contribution < -0.4 is 10.6 Å². The van der Waals surface area contributed by atoms with E-state index in [0.717, 1.165) is 44.6 Å². The second-order valence-electron chi connectivity index (χ2n) is 6.46. The zero-order valence-corrected chi connectivity index (χ0v) is 13.7. The standard InChI is InChI=1S/C18H27N3O2/c22-18(19-13-16-9-6-12-23-16)20-17(14-21-10-4-5-11-21)15-7-2-1-3-8-15/h1-3,7-8,16-17H,4-6,9-14H2,(H2,19,20,22). The van der Waals surface area contributed by atoms with Gasteiger partial charge in [-0.25, -0.2) is 4.79 Å². The van der Waals surface area contributed by atoms with Crippen LogP contribution >= 0.6 is 0 Å². The number of nitrogens with zero attached hydrogens (tertiary/aromatic N) is 1. The summed E-state index contributed by atoms with van der Waals surface area (Å²) in [5, 5.41) is 6.09. The normalized spacial score (nSPS) is 22.9. The zero-order chi connectivity index (χ0) is 15.9. The average Bonchev–Trinajstić information content (AvgIpc) is 3.27. The highest BCUT2D eigenvalue weighted by Crippen LogP contribution is 2.17. The molecule has 3 rings (SSSR count). The van der Waals surface area contributed by atoms with Crippen molar-refractivity contribution in [2.45, 2.75) is 37.8 Å². The van der Waals surface area contributed by atoms with Crippen LogP contribution in [0.5, 0.6) is 0 Å². The summed E-state index contributed by atoms with van der Waals surface area (Å²) in [5.74, 6) is 0. The Labute approximate surface area is 138 Å². The number of likely N-dealkylation sites (tertiary alicyclic amines) is 1. The minimum absolute atomic E-state index is 0.0267. The van der Waals surface area contributed by atoms with Gasteiger partial charge in [0.15, 0.2) is 0 Å². The smallest absolute Gasteiger partial charge is 0.315 e. The van der Waals surface area contributed by atoms with Crippen LogP contribution in [-0.2, 0) is 4.74 Å². The van der Waals surface area contributed by atoms with E-state index in [2.05, 4.69) is 27.7 Å². The van der Waals surface area contributed by atoms with Gasteiger partial charge in [0.05, 0.1) is 12.1 Å². The Morgan fingerprint density at radius 1 is 1.22 bits per heavy atom. The van der Waals surface area contributed by atoms with Crippen molar-refractivity contribution in [2.24, 2.45) is 0 Å². The number of carbonyl (C=O) groups is 1. The largest absolute Gasteiger partial charge is 0.376 e. The molecular weight excluding hydrogens is 290 g/mol. The summed E-state index contributed by atoms with van der Waals surface area (Å²) < 4.78 is 5.55. The number of urea groups is 1.